The van der Waals surface area contributed by atoms with Crippen molar-refractivity contribution in [1.82, 2.24) is 4.90 Å². The molecule has 0 aliphatic rings. The molecule has 1 atom stereocenters. The lowest BCUT2D eigenvalue weighted by molar-refractivity contribution is 0.0742. The molecule has 0 radical (unpaired) electrons. The first-order chi connectivity index (χ1) is 14.2. The topological polar surface area (TPSA) is 66.5 Å². The monoisotopic (exact) mass is 430 g/mol. The summed E-state index contributed by atoms with van der Waals surface area (Å²) in [5.74, 6) is -2.27. The van der Waals surface area contributed by atoms with Crippen molar-refractivity contribution in [2.24, 2.45) is 0 Å². The molecule has 0 spiro atoms. The van der Waals surface area contributed by atoms with E-state index >= 15 is 0 Å². The molecule has 30 heavy (non-hydrogen) atoms. The average Bonchev–Trinajstić information content (AvgIpc) is 2.75. The SMILES string of the molecule is C[C@H](c1ccc(F)c(F)c1)N(C)C(=O)c1ccc(NS(=O)(=O)c2ccccc2)cc1. The van der Waals surface area contributed by atoms with Crippen molar-refractivity contribution in [3.05, 3.63) is 95.6 Å². The zero-order chi connectivity index (χ0) is 21.9. The van der Waals surface area contributed by atoms with E-state index in [9.17, 15) is 22.0 Å². The number of nitrogens with one attached hydrogen (secondary N) is 1. The van der Waals surface area contributed by atoms with Crippen LogP contribution < -0.4 is 4.72 Å². The summed E-state index contributed by atoms with van der Waals surface area (Å²) in [6, 6.07) is 16.9. The molecule has 0 aliphatic carbocycles. The summed E-state index contributed by atoms with van der Waals surface area (Å²) >= 11 is 0. The zero-order valence-corrected chi connectivity index (χ0v) is 17.2. The van der Waals surface area contributed by atoms with Crippen molar-refractivity contribution in [2.75, 3.05) is 11.8 Å². The lowest BCUT2D eigenvalue weighted by atomic mass is 10.1. The Hall–Kier alpha value is -3.26. The Morgan fingerprint density at radius 1 is 0.933 bits per heavy atom. The highest BCUT2D eigenvalue weighted by molar-refractivity contribution is 7.92. The Kier molecular flexibility index (Phi) is 6.17. The third-order valence-corrected chi connectivity index (χ3v) is 6.16. The minimum Gasteiger partial charge on any atom is -0.335 e. The molecule has 156 valence electrons. The summed E-state index contributed by atoms with van der Waals surface area (Å²) in [7, 11) is -2.18. The maximum absolute atomic E-state index is 13.5. The molecule has 1 amide bonds. The molecule has 0 unspecified atom stereocenters. The number of nitrogens with zero attached hydrogens (tertiary/aromatic N) is 1. The summed E-state index contributed by atoms with van der Waals surface area (Å²) in [4.78, 5) is 14.3. The lowest BCUT2D eigenvalue weighted by Gasteiger charge is -2.25. The molecule has 0 aliphatic heterocycles. The van der Waals surface area contributed by atoms with Crippen LogP contribution in [0.25, 0.3) is 0 Å². The van der Waals surface area contributed by atoms with E-state index in [2.05, 4.69) is 4.72 Å². The van der Waals surface area contributed by atoms with Gasteiger partial charge in [-0.1, -0.05) is 24.3 Å². The molecule has 5 nitrogen and oxygen atoms in total. The number of hydrogen-bond acceptors (Lipinski definition) is 3. The summed E-state index contributed by atoms with van der Waals surface area (Å²) in [5.41, 5.74) is 1.10. The van der Waals surface area contributed by atoms with Gasteiger partial charge in [-0.15, -0.1) is 0 Å². The highest BCUT2D eigenvalue weighted by Crippen LogP contribution is 2.23. The van der Waals surface area contributed by atoms with Gasteiger partial charge < -0.3 is 4.90 Å². The van der Waals surface area contributed by atoms with Gasteiger partial charge in [0.2, 0.25) is 0 Å². The van der Waals surface area contributed by atoms with E-state index < -0.39 is 27.7 Å². The molecule has 3 rings (SSSR count). The van der Waals surface area contributed by atoms with E-state index in [1.54, 1.807) is 32.2 Å². The Morgan fingerprint density at radius 3 is 2.17 bits per heavy atom. The molecular formula is C22H20F2N2O3S. The van der Waals surface area contributed by atoms with Gasteiger partial charge in [0, 0.05) is 18.3 Å². The first-order valence-electron chi connectivity index (χ1n) is 9.09. The van der Waals surface area contributed by atoms with Crippen molar-refractivity contribution >= 4 is 21.6 Å². The van der Waals surface area contributed by atoms with E-state index in [0.717, 1.165) is 12.1 Å². The van der Waals surface area contributed by atoms with Crippen LogP contribution in [0.4, 0.5) is 14.5 Å². The van der Waals surface area contributed by atoms with E-state index in [-0.39, 0.29) is 10.8 Å². The smallest absolute Gasteiger partial charge is 0.261 e. The van der Waals surface area contributed by atoms with Crippen LogP contribution in [0.15, 0.2) is 77.7 Å². The number of sulfonamides is 1. The number of hydrogen-bond donors (Lipinski definition) is 1. The van der Waals surface area contributed by atoms with Crippen molar-refractivity contribution in [1.29, 1.82) is 0 Å². The average molecular weight is 430 g/mol. The summed E-state index contributed by atoms with van der Waals surface area (Å²) in [6.07, 6.45) is 0. The maximum Gasteiger partial charge on any atom is 0.261 e. The number of amides is 1. The van der Waals surface area contributed by atoms with Crippen LogP contribution >= 0.6 is 0 Å². The van der Waals surface area contributed by atoms with E-state index in [1.807, 2.05) is 0 Å². The Bertz CT molecular complexity index is 1150. The van der Waals surface area contributed by atoms with Crippen LogP contribution in [0, 0.1) is 11.6 Å². The van der Waals surface area contributed by atoms with Crippen LogP contribution in [-0.2, 0) is 10.0 Å². The van der Waals surface area contributed by atoms with E-state index in [1.165, 1.54) is 47.4 Å². The standard InChI is InChI=1S/C22H20F2N2O3S/c1-15(17-10-13-20(23)21(24)14-17)26(2)22(27)16-8-11-18(12-9-16)25-30(28,29)19-6-4-3-5-7-19/h3-15,25H,1-2H3/t15-/m1/s1. The van der Waals surface area contributed by atoms with Crippen molar-refractivity contribution < 1.29 is 22.0 Å². The molecule has 0 aromatic heterocycles. The van der Waals surface area contributed by atoms with Crippen LogP contribution in [0.2, 0.25) is 0 Å². The van der Waals surface area contributed by atoms with Gasteiger partial charge in [-0.05, 0) is 61.0 Å². The lowest BCUT2D eigenvalue weighted by Crippen LogP contribution is -2.29. The van der Waals surface area contributed by atoms with E-state index in [4.69, 9.17) is 0 Å². The third-order valence-electron chi connectivity index (χ3n) is 4.76. The van der Waals surface area contributed by atoms with Gasteiger partial charge >= 0.3 is 0 Å². The number of carbonyl (C=O) groups is 1. The molecule has 1 N–H and O–H groups in total. The predicted octanol–water partition coefficient (Wildman–Crippen LogP) is 4.60. The zero-order valence-electron chi connectivity index (χ0n) is 16.3. The highest BCUT2D eigenvalue weighted by Gasteiger charge is 2.20. The van der Waals surface area contributed by atoms with Crippen molar-refractivity contribution in [3.8, 4) is 0 Å². The van der Waals surface area contributed by atoms with Crippen LogP contribution in [0.5, 0.6) is 0 Å². The van der Waals surface area contributed by atoms with Crippen LogP contribution in [0.3, 0.4) is 0 Å². The summed E-state index contributed by atoms with van der Waals surface area (Å²) in [6.45, 7) is 1.70. The molecular weight excluding hydrogens is 410 g/mol. The van der Waals surface area contributed by atoms with Crippen molar-refractivity contribution in [3.63, 3.8) is 0 Å². The molecule has 0 saturated heterocycles. The predicted molar refractivity (Wildman–Crippen MR) is 111 cm³/mol. The first-order valence-corrected chi connectivity index (χ1v) is 10.6. The second kappa shape index (κ2) is 8.62. The minimum atomic E-state index is -3.73. The quantitative estimate of drug-likeness (QED) is 0.622. The largest absolute Gasteiger partial charge is 0.335 e. The molecule has 0 bridgehead atoms. The number of anilines is 1. The van der Waals surface area contributed by atoms with Gasteiger partial charge in [-0.25, -0.2) is 17.2 Å². The second-order valence-electron chi connectivity index (χ2n) is 6.76. The Labute approximate surface area is 174 Å². The first kappa shape index (κ1) is 21.4. The fraction of sp³-hybridized carbons (Fsp3) is 0.136. The Balaban J connectivity index is 1.73. The number of benzene rings is 3. The molecule has 0 fully saturated rings. The van der Waals surface area contributed by atoms with Crippen LogP contribution in [0.1, 0.15) is 28.9 Å². The number of halogens is 2. The fourth-order valence-corrected chi connectivity index (χ4v) is 3.95. The normalized spacial score (nSPS) is 12.3. The molecule has 3 aromatic rings. The number of rotatable bonds is 6. The molecule has 0 saturated carbocycles. The maximum atomic E-state index is 13.5. The number of carbonyl (C=O) groups excluding carboxylic acids is 1. The minimum absolute atomic E-state index is 0.130. The van der Waals surface area contributed by atoms with Gasteiger partial charge in [-0.2, -0.15) is 0 Å². The molecule has 3 aromatic carbocycles. The summed E-state index contributed by atoms with van der Waals surface area (Å²) in [5, 5.41) is 0. The molecule has 0 heterocycles. The van der Waals surface area contributed by atoms with Gasteiger partial charge in [0.15, 0.2) is 11.6 Å². The van der Waals surface area contributed by atoms with Gasteiger partial charge in [0.05, 0.1) is 10.9 Å². The summed E-state index contributed by atoms with van der Waals surface area (Å²) < 4.78 is 53.9. The van der Waals surface area contributed by atoms with Crippen molar-refractivity contribution in [2.45, 2.75) is 17.9 Å². The molecule has 8 heteroatoms. The second-order valence-corrected chi connectivity index (χ2v) is 8.44. The fourth-order valence-electron chi connectivity index (χ4n) is 2.87. The van der Waals surface area contributed by atoms with E-state index in [0.29, 0.717) is 16.8 Å². The van der Waals surface area contributed by atoms with Gasteiger partial charge in [0.1, 0.15) is 0 Å². The van der Waals surface area contributed by atoms with Gasteiger partial charge in [0.25, 0.3) is 15.9 Å². The third kappa shape index (κ3) is 4.65. The van der Waals surface area contributed by atoms with Gasteiger partial charge in [-0.3, -0.25) is 9.52 Å². The van der Waals surface area contributed by atoms with Crippen LogP contribution in [-0.4, -0.2) is 26.3 Å². The highest BCUT2D eigenvalue weighted by atomic mass is 32.2. The Morgan fingerprint density at radius 2 is 1.57 bits per heavy atom.